The van der Waals surface area contributed by atoms with Crippen LogP contribution in [-0.2, 0) is 0 Å². The van der Waals surface area contributed by atoms with Crippen molar-refractivity contribution in [3.05, 3.63) is 34.9 Å². The summed E-state index contributed by atoms with van der Waals surface area (Å²) in [5.74, 6) is 1.65. The molecule has 1 nitrogen and oxygen atoms in total. The molecule has 1 fully saturated rings. The van der Waals surface area contributed by atoms with Gasteiger partial charge in [0.1, 0.15) is 0 Å². The highest BCUT2D eigenvalue weighted by atomic mass is 15.2. The molecule has 4 atom stereocenters. The average molecular weight is 257 g/mol. The normalized spacial score (nSPS) is 35.4. The van der Waals surface area contributed by atoms with Gasteiger partial charge in [-0.1, -0.05) is 36.6 Å². The molecule has 0 N–H and O–H groups in total. The molecule has 1 aliphatic carbocycles. The second-order valence-electron chi connectivity index (χ2n) is 6.77. The maximum Gasteiger partial charge on any atom is 0.0322 e. The van der Waals surface area contributed by atoms with Gasteiger partial charge in [-0.25, -0.2) is 0 Å². The zero-order valence-electron chi connectivity index (χ0n) is 12.8. The van der Waals surface area contributed by atoms with Gasteiger partial charge < -0.3 is 0 Å². The molecule has 0 spiro atoms. The highest BCUT2D eigenvalue weighted by Crippen LogP contribution is 2.47. The van der Waals surface area contributed by atoms with Gasteiger partial charge >= 0.3 is 0 Å². The van der Waals surface area contributed by atoms with Gasteiger partial charge in [-0.15, -0.1) is 0 Å². The number of hydrogen-bond acceptors (Lipinski definition) is 1. The predicted octanol–water partition coefficient (Wildman–Crippen LogP) is 4.66. The zero-order chi connectivity index (χ0) is 13.6. The van der Waals surface area contributed by atoms with Gasteiger partial charge in [0.05, 0.1) is 0 Å². The lowest BCUT2D eigenvalue weighted by molar-refractivity contribution is 0.121. The number of hydrogen-bond donors (Lipinski definition) is 0. The zero-order valence-corrected chi connectivity index (χ0v) is 12.8. The van der Waals surface area contributed by atoms with E-state index in [0.717, 1.165) is 11.8 Å². The van der Waals surface area contributed by atoms with Crippen molar-refractivity contribution < 1.29 is 0 Å². The molecule has 1 aromatic carbocycles. The Balaban J connectivity index is 2.12. The van der Waals surface area contributed by atoms with Gasteiger partial charge in [0.2, 0.25) is 0 Å². The summed E-state index contributed by atoms with van der Waals surface area (Å²) in [6.45, 7) is 7.06. The van der Waals surface area contributed by atoms with Crippen molar-refractivity contribution in [2.24, 2.45) is 5.92 Å². The van der Waals surface area contributed by atoms with Crippen LogP contribution >= 0.6 is 0 Å². The van der Waals surface area contributed by atoms with Gasteiger partial charge in [0, 0.05) is 12.1 Å². The number of rotatable bonds is 0. The molecular weight excluding hydrogens is 230 g/mol. The second kappa shape index (κ2) is 4.94. The van der Waals surface area contributed by atoms with E-state index in [1.54, 1.807) is 11.1 Å². The van der Waals surface area contributed by atoms with Crippen molar-refractivity contribution in [3.63, 3.8) is 0 Å². The van der Waals surface area contributed by atoms with Crippen LogP contribution in [0.25, 0.3) is 0 Å². The summed E-state index contributed by atoms with van der Waals surface area (Å²) in [5.41, 5.74) is 4.66. The molecule has 1 aromatic rings. The molecule has 2 aliphatic rings. The number of benzene rings is 1. The maximum atomic E-state index is 2.60. The highest BCUT2D eigenvalue weighted by Gasteiger charge is 2.38. The van der Waals surface area contributed by atoms with Crippen LogP contribution in [0.1, 0.15) is 68.2 Å². The second-order valence-corrected chi connectivity index (χ2v) is 6.77. The Morgan fingerprint density at radius 3 is 2.58 bits per heavy atom. The van der Waals surface area contributed by atoms with Crippen molar-refractivity contribution in [2.75, 3.05) is 7.05 Å². The standard InChI is InChI=1S/C18H27N/c1-12-9-10-16-14(3)19(4)13(2)15-7-5-6-8-17(15)18(16)11-12/h9-11,13-15,17H,5-8H2,1-4H3/t13-,14?,15?,17?/m0/s1. The SMILES string of the molecule is Cc1ccc2c(c1)C1CCCCC1[C@H](C)N(C)C2C. The lowest BCUT2D eigenvalue weighted by atomic mass is 9.72. The summed E-state index contributed by atoms with van der Waals surface area (Å²) in [4.78, 5) is 2.60. The van der Waals surface area contributed by atoms with E-state index in [1.165, 1.54) is 31.2 Å². The minimum atomic E-state index is 0.552. The van der Waals surface area contributed by atoms with E-state index in [-0.39, 0.29) is 0 Å². The third-order valence-corrected chi connectivity index (χ3v) is 5.78. The molecule has 3 unspecified atom stereocenters. The molecule has 104 valence electrons. The Kier molecular flexibility index (Phi) is 3.42. The first-order valence-electron chi connectivity index (χ1n) is 7.92. The molecule has 1 heterocycles. The Morgan fingerprint density at radius 1 is 1.05 bits per heavy atom. The third kappa shape index (κ3) is 2.12. The molecular formula is C18H27N. The van der Waals surface area contributed by atoms with Gasteiger partial charge in [-0.05, 0) is 63.6 Å². The van der Waals surface area contributed by atoms with Crippen LogP contribution in [0.3, 0.4) is 0 Å². The molecule has 0 amide bonds. The Bertz CT molecular complexity index is 465. The first-order chi connectivity index (χ1) is 9.09. The van der Waals surface area contributed by atoms with E-state index in [9.17, 15) is 0 Å². The van der Waals surface area contributed by atoms with E-state index in [0.29, 0.717) is 12.1 Å². The molecule has 1 saturated carbocycles. The molecule has 0 bridgehead atoms. The van der Waals surface area contributed by atoms with Crippen LogP contribution in [0.15, 0.2) is 18.2 Å². The van der Waals surface area contributed by atoms with Gasteiger partial charge in [-0.3, -0.25) is 4.90 Å². The predicted molar refractivity (Wildman–Crippen MR) is 81.5 cm³/mol. The third-order valence-electron chi connectivity index (χ3n) is 5.78. The van der Waals surface area contributed by atoms with Crippen molar-refractivity contribution in [1.29, 1.82) is 0 Å². The molecule has 19 heavy (non-hydrogen) atoms. The Labute approximate surface area is 118 Å². The van der Waals surface area contributed by atoms with Gasteiger partial charge in [0.25, 0.3) is 0 Å². The van der Waals surface area contributed by atoms with Crippen molar-refractivity contribution in [3.8, 4) is 0 Å². The lowest BCUT2D eigenvalue weighted by Crippen LogP contribution is -2.38. The van der Waals surface area contributed by atoms with Crippen LogP contribution in [0, 0.1) is 12.8 Å². The highest BCUT2D eigenvalue weighted by molar-refractivity contribution is 5.38. The molecule has 1 heteroatoms. The topological polar surface area (TPSA) is 3.24 Å². The van der Waals surface area contributed by atoms with Crippen molar-refractivity contribution in [1.82, 2.24) is 4.90 Å². The van der Waals surface area contributed by atoms with Crippen LogP contribution in [-0.4, -0.2) is 18.0 Å². The fourth-order valence-corrected chi connectivity index (χ4v) is 4.39. The Hall–Kier alpha value is -0.820. The van der Waals surface area contributed by atoms with Gasteiger partial charge in [0.15, 0.2) is 0 Å². The van der Waals surface area contributed by atoms with Crippen LogP contribution < -0.4 is 0 Å². The van der Waals surface area contributed by atoms with Crippen molar-refractivity contribution in [2.45, 2.75) is 64.5 Å². The number of fused-ring (bicyclic) bond motifs is 3. The minimum absolute atomic E-state index is 0.552. The summed E-state index contributed by atoms with van der Waals surface area (Å²) < 4.78 is 0. The van der Waals surface area contributed by atoms with Crippen molar-refractivity contribution >= 4 is 0 Å². The summed E-state index contributed by atoms with van der Waals surface area (Å²) in [5, 5.41) is 0. The fourth-order valence-electron chi connectivity index (χ4n) is 4.39. The smallest absolute Gasteiger partial charge is 0.0322 e. The van der Waals surface area contributed by atoms with Gasteiger partial charge in [-0.2, -0.15) is 0 Å². The largest absolute Gasteiger partial charge is 0.297 e. The molecule has 0 radical (unpaired) electrons. The lowest BCUT2D eigenvalue weighted by Gasteiger charge is -2.38. The fraction of sp³-hybridized carbons (Fsp3) is 0.667. The molecule has 1 aliphatic heterocycles. The summed E-state index contributed by atoms with van der Waals surface area (Å²) >= 11 is 0. The first-order valence-corrected chi connectivity index (χ1v) is 7.92. The summed E-state index contributed by atoms with van der Waals surface area (Å²) in [7, 11) is 2.32. The number of aryl methyl sites for hydroxylation is 1. The monoisotopic (exact) mass is 257 g/mol. The molecule has 3 rings (SSSR count). The Morgan fingerprint density at radius 2 is 1.79 bits per heavy atom. The van der Waals surface area contributed by atoms with Crippen LogP contribution in [0.5, 0.6) is 0 Å². The van der Waals surface area contributed by atoms with E-state index in [4.69, 9.17) is 0 Å². The number of nitrogens with zero attached hydrogens (tertiary/aromatic N) is 1. The van der Waals surface area contributed by atoms with E-state index >= 15 is 0 Å². The summed E-state index contributed by atoms with van der Waals surface area (Å²) in [6, 6.07) is 8.40. The van der Waals surface area contributed by atoms with E-state index in [2.05, 4.69) is 50.9 Å². The minimum Gasteiger partial charge on any atom is -0.297 e. The molecule has 0 saturated heterocycles. The van der Waals surface area contributed by atoms with Crippen LogP contribution in [0.4, 0.5) is 0 Å². The average Bonchev–Trinajstić information content (AvgIpc) is 2.51. The van der Waals surface area contributed by atoms with E-state index < -0.39 is 0 Å². The summed E-state index contributed by atoms with van der Waals surface area (Å²) in [6.07, 6.45) is 5.65. The van der Waals surface area contributed by atoms with Crippen LogP contribution in [0.2, 0.25) is 0 Å². The quantitative estimate of drug-likeness (QED) is 0.653. The first kappa shape index (κ1) is 13.2. The molecule has 0 aromatic heterocycles. The maximum absolute atomic E-state index is 2.60. The van der Waals surface area contributed by atoms with E-state index in [1.807, 2.05) is 0 Å².